The van der Waals surface area contributed by atoms with Gasteiger partial charge < -0.3 is 0 Å². The predicted octanol–water partition coefficient (Wildman–Crippen LogP) is 8.63. The molecule has 1 aliphatic rings. The highest BCUT2D eigenvalue weighted by atomic mass is 32.2. The van der Waals surface area contributed by atoms with Crippen molar-refractivity contribution in [1.29, 1.82) is 0 Å². The van der Waals surface area contributed by atoms with Gasteiger partial charge in [-0.3, -0.25) is 4.57 Å². The molecule has 47 heavy (non-hydrogen) atoms. The summed E-state index contributed by atoms with van der Waals surface area (Å²) in [5.41, 5.74) is 6.52. The number of fused-ring (bicyclic) bond motifs is 8. The van der Waals surface area contributed by atoms with E-state index in [-0.39, 0.29) is 0 Å². The van der Waals surface area contributed by atoms with E-state index in [4.69, 9.17) is 15.0 Å². The molecule has 3 aromatic heterocycles. The normalized spacial score (nSPS) is 13.4. The molecule has 9 aromatic rings. The van der Waals surface area contributed by atoms with Crippen LogP contribution in [0, 0.1) is 0 Å². The van der Waals surface area contributed by atoms with E-state index in [0.29, 0.717) is 33.5 Å². The number of para-hydroxylation sites is 2. The summed E-state index contributed by atoms with van der Waals surface area (Å²) in [5.74, 6) is 1.62. The van der Waals surface area contributed by atoms with E-state index in [1.54, 1.807) is 12.1 Å². The molecule has 4 heterocycles. The van der Waals surface area contributed by atoms with Crippen LogP contribution in [-0.2, 0) is 10.0 Å². The molecule has 1 aliphatic heterocycles. The summed E-state index contributed by atoms with van der Waals surface area (Å²) in [6.07, 6.45) is 0. The van der Waals surface area contributed by atoms with Gasteiger partial charge in [0, 0.05) is 43.8 Å². The zero-order chi connectivity index (χ0) is 31.3. The maximum atomic E-state index is 14.3. The van der Waals surface area contributed by atoms with Crippen molar-refractivity contribution < 1.29 is 8.42 Å². The average molecular weight is 626 g/mol. The molecule has 0 saturated carbocycles. The molecule has 6 aromatic carbocycles. The Hall–Kier alpha value is -6.12. The number of hydrogen-bond acceptors (Lipinski definition) is 5. The van der Waals surface area contributed by atoms with Gasteiger partial charge in [-0.1, -0.05) is 115 Å². The Morgan fingerprint density at radius 3 is 1.79 bits per heavy atom. The van der Waals surface area contributed by atoms with Gasteiger partial charge in [0.05, 0.1) is 27.0 Å². The highest BCUT2D eigenvalue weighted by Crippen LogP contribution is 2.46. The van der Waals surface area contributed by atoms with Crippen molar-refractivity contribution in [3.63, 3.8) is 0 Å². The Kier molecular flexibility index (Phi) is 5.25. The van der Waals surface area contributed by atoms with Gasteiger partial charge in [0.15, 0.2) is 11.6 Å². The Balaban J connectivity index is 1.34. The SMILES string of the molecule is O=S1(=O)c2ccccc2-c2cccc3c4cc5c(cc4n1c23)c1ccccc1n5-c1nc(-c2ccccc2)nc(-c2ccccc2)n1. The summed E-state index contributed by atoms with van der Waals surface area (Å²) in [7, 11) is -3.85. The summed E-state index contributed by atoms with van der Waals surface area (Å²) >= 11 is 0. The van der Waals surface area contributed by atoms with Crippen LogP contribution in [0.15, 0.2) is 144 Å². The van der Waals surface area contributed by atoms with E-state index in [0.717, 1.165) is 54.8 Å². The van der Waals surface area contributed by atoms with Crippen LogP contribution in [0.1, 0.15) is 0 Å². The largest absolute Gasteiger partial charge is 0.278 e. The Morgan fingerprint density at radius 1 is 0.468 bits per heavy atom. The number of nitrogens with zero attached hydrogens (tertiary/aromatic N) is 5. The lowest BCUT2D eigenvalue weighted by atomic mass is 10.0. The van der Waals surface area contributed by atoms with Crippen LogP contribution >= 0.6 is 0 Å². The van der Waals surface area contributed by atoms with E-state index in [2.05, 4.69) is 22.8 Å². The van der Waals surface area contributed by atoms with Gasteiger partial charge in [0.1, 0.15) is 0 Å². The molecule has 0 atom stereocenters. The first-order valence-electron chi connectivity index (χ1n) is 15.3. The van der Waals surface area contributed by atoms with E-state index in [1.807, 2.05) is 109 Å². The monoisotopic (exact) mass is 625 g/mol. The van der Waals surface area contributed by atoms with Gasteiger partial charge in [0.2, 0.25) is 5.95 Å². The fourth-order valence-electron chi connectivity index (χ4n) is 7.08. The lowest BCUT2D eigenvalue weighted by Gasteiger charge is -2.20. The first-order chi connectivity index (χ1) is 23.1. The second kappa shape index (κ2) is 9.45. The zero-order valence-corrected chi connectivity index (χ0v) is 25.6. The highest BCUT2D eigenvalue weighted by Gasteiger charge is 2.33. The maximum absolute atomic E-state index is 14.3. The molecule has 0 saturated heterocycles. The zero-order valence-electron chi connectivity index (χ0n) is 24.7. The Morgan fingerprint density at radius 2 is 1.04 bits per heavy atom. The van der Waals surface area contributed by atoms with Crippen molar-refractivity contribution in [3.05, 3.63) is 140 Å². The summed E-state index contributed by atoms with van der Waals surface area (Å²) < 4.78 is 32.1. The second-order valence-electron chi connectivity index (χ2n) is 11.7. The standard InChI is InChI=1S/C39H23N5O2S/c45-47(46)35-21-10-8-17-27(35)28-18-11-19-29-31-22-33-30(23-34(31)44(47)36(28)29)26-16-7-9-20-32(26)43(33)39-41-37(24-12-3-1-4-13-24)40-38(42-39)25-14-5-2-6-15-25/h1-23H. The number of benzene rings is 6. The van der Waals surface area contributed by atoms with Gasteiger partial charge in [-0.2, -0.15) is 9.97 Å². The fraction of sp³-hybridized carbons (Fsp3) is 0. The van der Waals surface area contributed by atoms with Crippen molar-refractivity contribution in [3.8, 4) is 39.9 Å². The third-order valence-corrected chi connectivity index (χ3v) is 10.9. The number of hydrogen-bond donors (Lipinski definition) is 0. The van der Waals surface area contributed by atoms with Gasteiger partial charge in [-0.05, 0) is 24.3 Å². The predicted molar refractivity (Wildman–Crippen MR) is 186 cm³/mol. The van der Waals surface area contributed by atoms with Crippen molar-refractivity contribution in [2.24, 2.45) is 0 Å². The molecular formula is C39H23N5O2S. The molecule has 222 valence electrons. The molecule has 0 unspecified atom stereocenters. The minimum absolute atomic E-state index is 0.312. The summed E-state index contributed by atoms with van der Waals surface area (Å²) in [4.78, 5) is 15.3. The fourth-order valence-corrected chi connectivity index (χ4v) is 8.83. The van der Waals surface area contributed by atoms with Gasteiger partial charge in [-0.25, -0.2) is 17.4 Å². The molecular weight excluding hydrogens is 603 g/mol. The van der Waals surface area contributed by atoms with E-state index < -0.39 is 10.0 Å². The first kappa shape index (κ1) is 26.1. The quantitative estimate of drug-likeness (QED) is 0.196. The average Bonchev–Trinajstić information content (AvgIpc) is 3.63. The van der Waals surface area contributed by atoms with Crippen LogP contribution in [0.2, 0.25) is 0 Å². The third kappa shape index (κ3) is 3.61. The number of aromatic nitrogens is 5. The summed E-state index contributed by atoms with van der Waals surface area (Å²) in [6.45, 7) is 0. The van der Waals surface area contributed by atoms with Crippen molar-refractivity contribution in [2.45, 2.75) is 4.90 Å². The van der Waals surface area contributed by atoms with E-state index in [1.165, 1.54) is 3.97 Å². The van der Waals surface area contributed by atoms with E-state index >= 15 is 0 Å². The second-order valence-corrected chi connectivity index (χ2v) is 13.5. The number of rotatable bonds is 3. The van der Waals surface area contributed by atoms with Crippen LogP contribution in [0.25, 0.3) is 83.5 Å². The summed E-state index contributed by atoms with van der Waals surface area (Å²) in [5, 5.41) is 3.60. The molecule has 8 heteroatoms. The lowest BCUT2D eigenvalue weighted by Crippen LogP contribution is -2.17. The Labute approximate surface area is 269 Å². The molecule has 0 aliphatic carbocycles. The molecule has 0 radical (unpaired) electrons. The highest BCUT2D eigenvalue weighted by molar-refractivity contribution is 7.90. The Bertz CT molecular complexity index is 2800. The van der Waals surface area contributed by atoms with Crippen molar-refractivity contribution in [2.75, 3.05) is 0 Å². The smallest absolute Gasteiger partial charge is 0.269 e. The minimum atomic E-state index is -3.85. The molecule has 10 rings (SSSR count). The van der Waals surface area contributed by atoms with Crippen LogP contribution < -0.4 is 0 Å². The van der Waals surface area contributed by atoms with E-state index in [9.17, 15) is 8.42 Å². The van der Waals surface area contributed by atoms with Gasteiger partial charge >= 0.3 is 0 Å². The van der Waals surface area contributed by atoms with Crippen LogP contribution in [0.4, 0.5) is 0 Å². The molecule has 0 fully saturated rings. The molecule has 0 bridgehead atoms. The van der Waals surface area contributed by atoms with Gasteiger partial charge in [-0.15, -0.1) is 0 Å². The first-order valence-corrected chi connectivity index (χ1v) is 16.7. The van der Waals surface area contributed by atoms with Crippen molar-refractivity contribution in [1.82, 2.24) is 23.5 Å². The van der Waals surface area contributed by atoms with Crippen LogP contribution in [0.3, 0.4) is 0 Å². The molecule has 7 nitrogen and oxygen atoms in total. The molecule has 0 N–H and O–H groups in total. The molecule has 0 amide bonds. The molecule has 0 spiro atoms. The minimum Gasteiger partial charge on any atom is -0.278 e. The van der Waals surface area contributed by atoms with Crippen LogP contribution in [-0.4, -0.2) is 31.9 Å². The van der Waals surface area contributed by atoms with Crippen molar-refractivity contribution >= 4 is 53.6 Å². The maximum Gasteiger partial charge on any atom is 0.269 e. The topological polar surface area (TPSA) is 82.7 Å². The summed E-state index contributed by atoms with van der Waals surface area (Å²) in [6, 6.07) is 45.3. The third-order valence-electron chi connectivity index (χ3n) is 9.12. The van der Waals surface area contributed by atoms with Gasteiger partial charge in [0.25, 0.3) is 10.0 Å². The van der Waals surface area contributed by atoms with Crippen LogP contribution in [0.5, 0.6) is 0 Å². The lowest BCUT2D eigenvalue weighted by molar-refractivity contribution is 0.590.